The molecule has 0 aromatic heterocycles. The van der Waals surface area contributed by atoms with Crippen molar-refractivity contribution >= 4 is 12.0 Å². The molecule has 0 bridgehead atoms. The summed E-state index contributed by atoms with van der Waals surface area (Å²) in [6, 6.07) is 7.57. The molecule has 0 atom stereocenters. The number of methoxy groups -OCH3 is 1. The summed E-state index contributed by atoms with van der Waals surface area (Å²) in [7, 11) is 1.62. The van der Waals surface area contributed by atoms with Gasteiger partial charge in [-0.2, -0.15) is 0 Å². The van der Waals surface area contributed by atoms with E-state index in [-0.39, 0.29) is 5.91 Å². The third kappa shape index (κ3) is 4.09. The molecule has 0 fully saturated rings. The van der Waals surface area contributed by atoms with E-state index in [1.54, 1.807) is 30.2 Å². The number of amides is 1. The van der Waals surface area contributed by atoms with Crippen molar-refractivity contribution in [1.82, 2.24) is 4.90 Å². The van der Waals surface area contributed by atoms with Crippen LogP contribution in [0.3, 0.4) is 0 Å². The SMILES string of the molecule is C=CCN(CC)C(=O)/C=C/c1cccc(OC)c1. The van der Waals surface area contributed by atoms with E-state index in [0.29, 0.717) is 13.1 Å². The minimum absolute atomic E-state index is 0.0137. The van der Waals surface area contributed by atoms with Crippen molar-refractivity contribution < 1.29 is 9.53 Å². The van der Waals surface area contributed by atoms with Crippen molar-refractivity contribution in [2.24, 2.45) is 0 Å². The Morgan fingerprint density at radius 2 is 2.28 bits per heavy atom. The third-order valence-electron chi connectivity index (χ3n) is 2.56. The van der Waals surface area contributed by atoms with Crippen LogP contribution in [0.25, 0.3) is 6.08 Å². The molecule has 96 valence electrons. The molecule has 3 nitrogen and oxygen atoms in total. The molecule has 0 radical (unpaired) electrons. The maximum absolute atomic E-state index is 11.9. The highest BCUT2D eigenvalue weighted by Gasteiger charge is 2.05. The summed E-state index contributed by atoms with van der Waals surface area (Å²) in [4.78, 5) is 13.6. The number of ether oxygens (including phenoxy) is 1. The Labute approximate surface area is 108 Å². The highest BCUT2D eigenvalue weighted by molar-refractivity contribution is 5.91. The summed E-state index contributed by atoms with van der Waals surface area (Å²) >= 11 is 0. The first kappa shape index (κ1) is 14.0. The Kier molecular flexibility index (Phi) is 5.71. The minimum atomic E-state index is -0.0137. The maximum Gasteiger partial charge on any atom is 0.246 e. The van der Waals surface area contributed by atoms with Crippen molar-refractivity contribution in [2.75, 3.05) is 20.2 Å². The zero-order valence-electron chi connectivity index (χ0n) is 10.9. The Bertz CT molecular complexity index is 438. The van der Waals surface area contributed by atoms with E-state index in [9.17, 15) is 4.79 Å². The highest BCUT2D eigenvalue weighted by Crippen LogP contribution is 2.13. The molecule has 1 amide bonds. The molecule has 1 aromatic rings. The lowest BCUT2D eigenvalue weighted by Crippen LogP contribution is -2.29. The fraction of sp³-hybridized carbons (Fsp3) is 0.267. The van der Waals surface area contributed by atoms with Gasteiger partial charge in [0.2, 0.25) is 5.91 Å². The first-order valence-electron chi connectivity index (χ1n) is 5.93. The van der Waals surface area contributed by atoms with Crippen LogP contribution in [-0.4, -0.2) is 31.0 Å². The zero-order valence-corrected chi connectivity index (χ0v) is 10.9. The van der Waals surface area contributed by atoms with Gasteiger partial charge in [-0.25, -0.2) is 0 Å². The number of likely N-dealkylation sites (N-methyl/N-ethyl adjacent to an activating group) is 1. The van der Waals surface area contributed by atoms with E-state index in [1.807, 2.05) is 31.2 Å². The van der Waals surface area contributed by atoms with E-state index in [2.05, 4.69) is 6.58 Å². The van der Waals surface area contributed by atoms with Crippen LogP contribution in [0.4, 0.5) is 0 Å². The van der Waals surface area contributed by atoms with Crippen molar-refractivity contribution in [3.05, 3.63) is 48.6 Å². The van der Waals surface area contributed by atoms with E-state index < -0.39 is 0 Å². The van der Waals surface area contributed by atoms with Crippen LogP contribution in [0.2, 0.25) is 0 Å². The van der Waals surface area contributed by atoms with Gasteiger partial charge in [0.25, 0.3) is 0 Å². The fourth-order valence-corrected chi connectivity index (χ4v) is 1.55. The molecule has 0 unspecified atom stereocenters. The summed E-state index contributed by atoms with van der Waals surface area (Å²) in [6.07, 6.45) is 5.08. The first-order valence-corrected chi connectivity index (χ1v) is 5.93. The van der Waals surface area contributed by atoms with Crippen LogP contribution in [0, 0.1) is 0 Å². The maximum atomic E-state index is 11.9. The lowest BCUT2D eigenvalue weighted by atomic mass is 10.2. The van der Waals surface area contributed by atoms with E-state index in [4.69, 9.17) is 4.74 Å². The molecular weight excluding hydrogens is 226 g/mol. The fourth-order valence-electron chi connectivity index (χ4n) is 1.55. The second-order valence-corrected chi connectivity index (χ2v) is 3.78. The van der Waals surface area contributed by atoms with Crippen molar-refractivity contribution in [3.8, 4) is 5.75 Å². The molecular formula is C15H19NO2. The molecule has 0 aliphatic carbocycles. The monoisotopic (exact) mass is 245 g/mol. The average Bonchev–Trinajstić information content (AvgIpc) is 2.42. The largest absolute Gasteiger partial charge is 0.497 e. The average molecular weight is 245 g/mol. The molecule has 0 spiro atoms. The molecule has 1 rings (SSSR count). The zero-order chi connectivity index (χ0) is 13.4. The second-order valence-electron chi connectivity index (χ2n) is 3.78. The molecule has 3 heteroatoms. The van der Waals surface area contributed by atoms with Gasteiger partial charge in [-0.3, -0.25) is 4.79 Å². The molecule has 1 aromatic carbocycles. The van der Waals surface area contributed by atoms with Crippen LogP contribution in [-0.2, 0) is 4.79 Å². The van der Waals surface area contributed by atoms with E-state index in [1.165, 1.54) is 0 Å². The third-order valence-corrected chi connectivity index (χ3v) is 2.56. The molecule has 0 saturated heterocycles. The predicted octanol–water partition coefficient (Wildman–Crippen LogP) is 2.74. The van der Waals surface area contributed by atoms with Crippen LogP contribution in [0.5, 0.6) is 5.75 Å². The van der Waals surface area contributed by atoms with Gasteiger partial charge in [0.05, 0.1) is 7.11 Å². The molecule has 0 saturated carbocycles. The number of carbonyl (C=O) groups excluding carboxylic acids is 1. The number of hydrogen-bond acceptors (Lipinski definition) is 2. The van der Waals surface area contributed by atoms with Crippen molar-refractivity contribution in [1.29, 1.82) is 0 Å². The Balaban J connectivity index is 2.72. The van der Waals surface area contributed by atoms with Crippen LogP contribution in [0.15, 0.2) is 43.0 Å². The van der Waals surface area contributed by atoms with Gasteiger partial charge in [0.15, 0.2) is 0 Å². The number of hydrogen-bond donors (Lipinski definition) is 0. The van der Waals surface area contributed by atoms with Gasteiger partial charge in [0, 0.05) is 19.2 Å². The summed E-state index contributed by atoms with van der Waals surface area (Å²) in [5, 5.41) is 0. The van der Waals surface area contributed by atoms with E-state index >= 15 is 0 Å². The van der Waals surface area contributed by atoms with Gasteiger partial charge < -0.3 is 9.64 Å². The topological polar surface area (TPSA) is 29.5 Å². The van der Waals surface area contributed by atoms with Crippen molar-refractivity contribution in [2.45, 2.75) is 6.92 Å². The number of benzene rings is 1. The van der Waals surface area contributed by atoms with Crippen LogP contribution >= 0.6 is 0 Å². The lowest BCUT2D eigenvalue weighted by Gasteiger charge is -2.16. The van der Waals surface area contributed by atoms with Gasteiger partial charge in [-0.05, 0) is 30.7 Å². The molecule has 0 aliphatic heterocycles. The molecule has 0 heterocycles. The lowest BCUT2D eigenvalue weighted by molar-refractivity contribution is -0.125. The van der Waals surface area contributed by atoms with Gasteiger partial charge >= 0.3 is 0 Å². The predicted molar refractivity (Wildman–Crippen MR) is 74.5 cm³/mol. The molecule has 0 N–H and O–H groups in total. The molecule has 0 aliphatic rings. The van der Waals surface area contributed by atoms with E-state index in [0.717, 1.165) is 11.3 Å². The minimum Gasteiger partial charge on any atom is -0.497 e. The smallest absolute Gasteiger partial charge is 0.246 e. The van der Waals surface area contributed by atoms with Crippen LogP contribution in [0.1, 0.15) is 12.5 Å². The number of nitrogens with zero attached hydrogens (tertiary/aromatic N) is 1. The first-order chi connectivity index (χ1) is 8.71. The van der Waals surface area contributed by atoms with Gasteiger partial charge in [-0.1, -0.05) is 18.2 Å². The normalized spacial score (nSPS) is 10.3. The quantitative estimate of drug-likeness (QED) is 0.569. The summed E-state index contributed by atoms with van der Waals surface area (Å²) in [5.41, 5.74) is 0.942. The van der Waals surface area contributed by atoms with Gasteiger partial charge in [-0.15, -0.1) is 6.58 Å². The Hall–Kier alpha value is -2.03. The van der Waals surface area contributed by atoms with Crippen LogP contribution < -0.4 is 4.74 Å². The number of carbonyl (C=O) groups is 1. The highest BCUT2D eigenvalue weighted by atomic mass is 16.5. The summed E-state index contributed by atoms with van der Waals surface area (Å²) in [6.45, 7) is 6.82. The summed E-state index contributed by atoms with van der Waals surface area (Å²) in [5.74, 6) is 0.767. The Morgan fingerprint density at radius 1 is 1.50 bits per heavy atom. The van der Waals surface area contributed by atoms with Crippen molar-refractivity contribution in [3.63, 3.8) is 0 Å². The summed E-state index contributed by atoms with van der Waals surface area (Å²) < 4.78 is 5.13. The van der Waals surface area contributed by atoms with Gasteiger partial charge in [0.1, 0.15) is 5.75 Å². The standard InChI is InChI=1S/C15H19NO2/c1-4-11-16(5-2)15(17)10-9-13-7-6-8-14(12-13)18-3/h4,6-10,12H,1,5,11H2,2-3H3/b10-9+. The number of rotatable bonds is 6. The molecule has 18 heavy (non-hydrogen) atoms. The Morgan fingerprint density at radius 3 is 2.89 bits per heavy atom. The second kappa shape index (κ2) is 7.33.